The van der Waals surface area contributed by atoms with Crippen molar-refractivity contribution < 1.29 is 5.11 Å². The quantitative estimate of drug-likeness (QED) is 0.859. The van der Waals surface area contributed by atoms with Crippen LogP contribution in [0.4, 0.5) is 0 Å². The molecule has 2 heteroatoms. The van der Waals surface area contributed by atoms with Gasteiger partial charge in [-0.15, -0.1) is 0 Å². The van der Waals surface area contributed by atoms with Gasteiger partial charge in [0.25, 0.3) is 0 Å². The lowest BCUT2D eigenvalue weighted by Gasteiger charge is -2.29. The monoisotopic (exact) mass is 311 g/mol. The molecule has 0 radical (unpaired) electrons. The SMILES string of the molecule is Cc1ccc(C)c(CN(Cc2cc(C)ccc2C)C(C)CO)c1. The smallest absolute Gasteiger partial charge is 0.0584 e. The zero-order chi connectivity index (χ0) is 17.0. The number of nitrogens with zero attached hydrogens (tertiary/aromatic N) is 1. The van der Waals surface area contributed by atoms with Gasteiger partial charge >= 0.3 is 0 Å². The van der Waals surface area contributed by atoms with Gasteiger partial charge in [0.1, 0.15) is 0 Å². The second kappa shape index (κ2) is 7.76. The van der Waals surface area contributed by atoms with Crippen LogP contribution >= 0.6 is 0 Å². The van der Waals surface area contributed by atoms with Gasteiger partial charge in [-0.25, -0.2) is 0 Å². The van der Waals surface area contributed by atoms with E-state index in [-0.39, 0.29) is 12.6 Å². The first kappa shape index (κ1) is 17.7. The fourth-order valence-corrected chi connectivity index (χ4v) is 2.86. The number of aryl methyl sites for hydroxylation is 4. The molecule has 2 nitrogen and oxygen atoms in total. The first-order valence-electron chi connectivity index (χ1n) is 8.38. The maximum absolute atomic E-state index is 9.67. The van der Waals surface area contributed by atoms with Gasteiger partial charge in [-0.05, 0) is 56.9 Å². The Bertz CT molecular complexity index is 609. The summed E-state index contributed by atoms with van der Waals surface area (Å²) in [7, 11) is 0. The summed E-state index contributed by atoms with van der Waals surface area (Å²) in [6.07, 6.45) is 0. The Morgan fingerprint density at radius 3 is 1.65 bits per heavy atom. The summed E-state index contributed by atoms with van der Waals surface area (Å²) >= 11 is 0. The lowest BCUT2D eigenvalue weighted by molar-refractivity contribution is 0.121. The zero-order valence-electron chi connectivity index (χ0n) is 15.1. The Hall–Kier alpha value is -1.64. The minimum Gasteiger partial charge on any atom is -0.395 e. The maximum Gasteiger partial charge on any atom is 0.0584 e. The van der Waals surface area contributed by atoms with Gasteiger partial charge in [-0.2, -0.15) is 0 Å². The molecule has 0 aliphatic carbocycles. The number of benzene rings is 2. The average molecular weight is 311 g/mol. The lowest BCUT2D eigenvalue weighted by Crippen LogP contribution is -2.35. The molecule has 0 bridgehead atoms. The van der Waals surface area contributed by atoms with Crippen LogP contribution in [0, 0.1) is 27.7 Å². The van der Waals surface area contributed by atoms with Gasteiger partial charge in [0.15, 0.2) is 0 Å². The molecule has 0 spiro atoms. The van der Waals surface area contributed by atoms with Crippen molar-refractivity contribution in [3.8, 4) is 0 Å². The summed E-state index contributed by atoms with van der Waals surface area (Å²) < 4.78 is 0. The Morgan fingerprint density at radius 2 is 1.26 bits per heavy atom. The van der Waals surface area contributed by atoms with E-state index in [0.717, 1.165) is 13.1 Å². The normalized spacial score (nSPS) is 12.7. The molecule has 0 aliphatic heterocycles. The third kappa shape index (κ3) is 4.66. The van der Waals surface area contributed by atoms with Crippen LogP contribution in [0.2, 0.25) is 0 Å². The molecule has 124 valence electrons. The Kier molecular flexibility index (Phi) is 5.97. The molecule has 0 amide bonds. The molecule has 0 saturated carbocycles. The van der Waals surface area contributed by atoms with E-state index in [0.29, 0.717) is 0 Å². The van der Waals surface area contributed by atoms with Crippen LogP contribution in [0.1, 0.15) is 40.3 Å². The third-order valence-electron chi connectivity index (χ3n) is 4.64. The summed E-state index contributed by atoms with van der Waals surface area (Å²) in [6, 6.07) is 13.3. The van der Waals surface area contributed by atoms with E-state index in [9.17, 15) is 5.11 Å². The highest BCUT2D eigenvalue weighted by atomic mass is 16.3. The topological polar surface area (TPSA) is 23.5 Å². The van der Waals surface area contributed by atoms with E-state index in [4.69, 9.17) is 0 Å². The summed E-state index contributed by atoms with van der Waals surface area (Å²) in [5.41, 5.74) is 7.88. The fourth-order valence-electron chi connectivity index (χ4n) is 2.86. The van der Waals surface area contributed by atoms with Crippen LogP contribution in [0.3, 0.4) is 0 Å². The maximum atomic E-state index is 9.67. The van der Waals surface area contributed by atoms with Crippen LogP contribution in [-0.2, 0) is 13.1 Å². The molecule has 2 aromatic rings. The fraction of sp³-hybridized carbons (Fsp3) is 0.429. The van der Waals surface area contributed by atoms with Gasteiger partial charge in [0, 0.05) is 19.1 Å². The van der Waals surface area contributed by atoms with Crippen molar-refractivity contribution in [2.45, 2.75) is 53.8 Å². The van der Waals surface area contributed by atoms with Crippen LogP contribution in [0.25, 0.3) is 0 Å². The molecule has 0 saturated heterocycles. The van der Waals surface area contributed by atoms with Gasteiger partial charge < -0.3 is 5.11 Å². The largest absolute Gasteiger partial charge is 0.395 e. The van der Waals surface area contributed by atoms with Gasteiger partial charge in [-0.3, -0.25) is 4.90 Å². The van der Waals surface area contributed by atoms with E-state index in [2.05, 4.69) is 75.9 Å². The van der Waals surface area contributed by atoms with Gasteiger partial charge in [0.2, 0.25) is 0 Å². The number of hydrogen-bond acceptors (Lipinski definition) is 2. The highest BCUT2D eigenvalue weighted by Crippen LogP contribution is 2.19. The predicted molar refractivity (Wildman–Crippen MR) is 97.6 cm³/mol. The first-order chi connectivity index (χ1) is 10.9. The molecule has 2 aromatic carbocycles. The third-order valence-corrected chi connectivity index (χ3v) is 4.64. The van der Waals surface area contributed by atoms with E-state index < -0.39 is 0 Å². The Balaban J connectivity index is 2.27. The lowest BCUT2D eigenvalue weighted by atomic mass is 10.0. The predicted octanol–water partition coefficient (Wildman–Crippen LogP) is 4.30. The van der Waals surface area contributed by atoms with E-state index in [1.807, 2.05) is 0 Å². The van der Waals surface area contributed by atoms with E-state index >= 15 is 0 Å². The zero-order valence-corrected chi connectivity index (χ0v) is 15.1. The summed E-state index contributed by atoms with van der Waals surface area (Å²) in [5, 5.41) is 9.67. The van der Waals surface area contributed by atoms with Gasteiger partial charge in [0.05, 0.1) is 6.61 Å². The van der Waals surface area contributed by atoms with Gasteiger partial charge in [-0.1, -0.05) is 47.5 Å². The van der Waals surface area contributed by atoms with Crippen molar-refractivity contribution in [1.29, 1.82) is 0 Å². The molecule has 0 aliphatic rings. The first-order valence-corrected chi connectivity index (χ1v) is 8.38. The molecule has 2 rings (SSSR count). The van der Waals surface area contributed by atoms with Crippen molar-refractivity contribution in [3.05, 3.63) is 69.8 Å². The standard InChI is InChI=1S/C21H29NO/c1-15-6-8-17(3)20(10-15)12-22(19(5)14-23)13-21-11-16(2)7-9-18(21)4/h6-11,19,23H,12-14H2,1-5H3. The second-order valence-electron chi connectivity index (χ2n) is 6.80. The second-order valence-corrected chi connectivity index (χ2v) is 6.80. The minimum atomic E-state index is 0.134. The van der Waals surface area contributed by atoms with Crippen LogP contribution in [0.5, 0.6) is 0 Å². The van der Waals surface area contributed by atoms with Crippen molar-refractivity contribution in [1.82, 2.24) is 4.90 Å². The Labute approximate surface area is 140 Å². The molecule has 1 unspecified atom stereocenters. The highest BCUT2D eigenvalue weighted by molar-refractivity contribution is 5.32. The molecule has 1 N–H and O–H groups in total. The summed E-state index contributed by atoms with van der Waals surface area (Å²) in [5.74, 6) is 0. The summed E-state index contributed by atoms with van der Waals surface area (Å²) in [6.45, 7) is 12.6. The Morgan fingerprint density at radius 1 is 0.826 bits per heavy atom. The highest BCUT2D eigenvalue weighted by Gasteiger charge is 2.16. The molecule has 0 heterocycles. The van der Waals surface area contributed by atoms with E-state index in [1.54, 1.807) is 0 Å². The number of aliphatic hydroxyl groups is 1. The van der Waals surface area contributed by atoms with E-state index in [1.165, 1.54) is 33.4 Å². The summed E-state index contributed by atoms with van der Waals surface area (Å²) in [4.78, 5) is 2.36. The molecule has 1 atom stereocenters. The molecular formula is C21H29NO. The number of hydrogen-bond donors (Lipinski definition) is 1. The van der Waals surface area contributed by atoms with Crippen molar-refractivity contribution in [3.63, 3.8) is 0 Å². The number of rotatable bonds is 6. The van der Waals surface area contributed by atoms with Crippen molar-refractivity contribution >= 4 is 0 Å². The number of aliphatic hydroxyl groups excluding tert-OH is 1. The average Bonchev–Trinajstić information content (AvgIpc) is 2.52. The van der Waals surface area contributed by atoms with Crippen LogP contribution in [-0.4, -0.2) is 22.7 Å². The van der Waals surface area contributed by atoms with Crippen LogP contribution in [0.15, 0.2) is 36.4 Å². The minimum absolute atomic E-state index is 0.134. The molecular weight excluding hydrogens is 282 g/mol. The van der Waals surface area contributed by atoms with Crippen LogP contribution < -0.4 is 0 Å². The molecule has 0 fully saturated rings. The molecule has 23 heavy (non-hydrogen) atoms. The van der Waals surface area contributed by atoms with Crippen molar-refractivity contribution in [2.24, 2.45) is 0 Å². The van der Waals surface area contributed by atoms with Crippen molar-refractivity contribution in [2.75, 3.05) is 6.61 Å². The molecule has 0 aromatic heterocycles.